The van der Waals surface area contributed by atoms with Crippen molar-refractivity contribution < 1.29 is 4.74 Å². The maximum absolute atomic E-state index is 5.67. The van der Waals surface area contributed by atoms with Gasteiger partial charge in [-0.25, -0.2) is 0 Å². The number of thioether (sulfide) groups is 1. The molecule has 1 aromatic rings. The lowest BCUT2D eigenvalue weighted by Gasteiger charge is -2.04. The molecule has 0 radical (unpaired) electrons. The van der Waals surface area contributed by atoms with Gasteiger partial charge in [0, 0.05) is 4.90 Å². The standard InChI is InChI=1S/C8H11NOS/c1-10-8-4-3-6(11-2)5-7(8)9/h3-5H,9H2,1-2H3. The van der Waals surface area contributed by atoms with Gasteiger partial charge in [-0.1, -0.05) is 0 Å². The summed E-state index contributed by atoms with van der Waals surface area (Å²) >= 11 is 1.67. The number of benzene rings is 1. The number of nitrogens with two attached hydrogens (primary N) is 1. The van der Waals surface area contributed by atoms with Crippen molar-refractivity contribution in [1.82, 2.24) is 0 Å². The van der Waals surface area contributed by atoms with Gasteiger partial charge in [-0.15, -0.1) is 11.8 Å². The Kier molecular flexibility index (Phi) is 2.65. The summed E-state index contributed by atoms with van der Waals surface area (Å²) in [4.78, 5) is 1.16. The van der Waals surface area contributed by atoms with E-state index in [2.05, 4.69) is 0 Å². The molecule has 0 heterocycles. The minimum absolute atomic E-state index is 0.694. The molecule has 0 aliphatic rings. The Morgan fingerprint density at radius 2 is 2.18 bits per heavy atom. The van der Waals surface area contributed by atoms with Gasteiger partial charge in [0.05, 0.1) is 12.8 Å². The second-order valence-corrected chi connectivity index (χ2v) is 2.99. The molecule has 0 bridgehead atoms. The van der Waals surface area contributed by atoms with Gasteiger partial charge >= 0.3 is 0 Å². The Labute approximate surface area is 70.7 Å². The van der Waals surface area contributed by atoms with Crippen molar-refractivity contribution in [2.75, 3.05) is 19.1 Å². The van der Waals surface area contributed by atoms with E-state index in [1.165, 1.54) is 0 Å². The van der Waals surface area contributed by atoms with Gasteiger partial charge in [-0.05, 0) is 24.5 Å². The lowest BCUT2D eigenvalue weighted by atomic mass is 10.3. The van der Waals surface area contributed by atoms with Crippen molar-refractivity contribution in [3.63, 3.8) is 0 Å². The first kappa shape index (κ1) is 8.27. The predicted molar refractivity (Wildman–Crippen MR) is 49.2 cm³/mol. The van der Waals surface area contributed by atoms with Gasteiger partial charge in [-0.2, -0.15) is 0 Å². The molecule has 0 spiro atoms. The average Bonchev–Trinajstić information content (AvgIpc) is 2.04. The van der Waals surface area contributed by atoms with E-state index in [0.29, 0.717) is 5.69 Å². The molecule has 11 heavy (non-hydrogen) atoms. The normalized spacial score (nSPS) is 9.64. The number of hydrogen-bond acceptors (Lipinski definition) is 3. The monoisotopic (exact) mass is 169 g/mol. The van der Waals surface area contributed by atoms with Crippen LogP contribution in [0.4, 0.5) is 5.69 Å². The highest BCUT2D eigenvalue weighted by molar-refractivity contribution is 7.98. The number of methoxy groups -OCH3 is 1. The molecule has 0 unspecified atom stereocenters. The molecule has 60 valence electrons. The lowest BCUT2D eigenvalue weighted by molar-refractivity contribution is 0.416. The molecule has 2 nitrogen and oxygen atoms in total. The second-order valence-electron chi connectivity index (χ2n) is 2.11. The highest BCUT2D eigenvalue weighted by Gasteiger charge is 1.98. The number of hydrogen-bond donors (Lipinski definition) is 1. The molecule has 0 amide bonds. The number of rotatable bonds is 2. The van der Waals surface area contributed by atoms with Gasteiger partial charge < -0.3 is 10.5 Å². The maximum atomic E-state index is 5.67. The first-order valence-corrected chi connectivity index (χ1v) is 4.48. The molecule has 0 aliphatic carbocycles. The van der Waals surface area contributed by atoms with E-state index >= 15 is 0 Å². The number of anilines is 1. The zero-order valence-electron chi connectivity index (χ0n) is 6.63. The first-order valence-electron chi connectivity index (χ1n) is 3.25. The van der Waals surface area contributed by atoms with E-state index in [1.54, 1.807) is 18.9 Å². The summed E-state index contributed by atoms with van der Waals surface area (Å²) in [5.41, 5.74) is 6.36. The molecule has 1 aromatic carbocycles. The van der Waals surface area contributed by atoms with Crippen molar-refractivity contribution in [2.24, 2.45) is 0 Å². The van der Waals surface area contributed by atoms with Crippen LogP contribution < -0.4 is 10.5 Å². The van der Waals surface area contributed by atoms with Crippen LogP contribution in [-0.2, 0) is 0 Å². The zero-order valence-corrected chi connectivity index (χ0v) is 7.44. The SMILES string of the molecule is COc1ccc(SC)cc1N. The molecule has 0 aliphatic heterocycles. The Hall–Kier alpha value is -0.830. The predicted octanol–water partition coefficient (Wildman–Crippen LogP) is 2.00. The van der Waals surface area contributed by atoms with Crippen LogP contribution in [0.3, 0.4) is 0 Å². The third kappa shape index (κ3) is 1.80. The number of ether oxygens (including phenoxy) is 1. The minimum Gasteiger partial charge on any atom is -0.495 e. The van der Waals surface area contributed by atoms with Crippen molar-refractivity contribution >= 4 is 17.4 Å². The summed E-state index contributed by atoms with van der Waals surface area (Å²) in [7, 11) is 1.62. The van der Waals surface area contributed by atoms with Gasteiger partial charge in [0.2, 0.25) is 0 Å². The summed E-state index contributed by atoms with van der Waals surface area (Å²) in [6, 6.07) is 5.77. The Balaban J connectivity index is 2.99. The van der Waals surface area contributed by atoms with Crippen LogP contribution in [0.1, 0.15) is 0 Å². The number of nitrogen functional groups attached to an aromatic ring is 1. The zero-order chi connectivity index (χ0) is 8.27. The third-order valence-electron chi connectivity index (χ3n) is 1.44. The molecule has 2 N–H and O–H groups in total. The molecular weight excluding hydrogens is 158 g/mol. The van der Waals surface area contributed by atoms with Crippen LogP contribution in [0.5, 0.6) is 5.75 Å². The highest BCUT2D eigenvalue weighted by Crippen LogP contribution is 2.25. The van der Waals surface area contributed by atoms with Crippen LogP contribution in [-0.4, -0.2) is 13.4 Å². The summed E-state index contributed by atoms with van der Waals surface area (Å²) in [5, 5.41) is 0. The quantitative estimate of drug-likeness (QED) is 0.543. The van der Waals surface area contributed by atoms with Crippen LogP contribution in [0.25, 0.3) is 0 Å². The van der Waals surface area contributed by atoms with Crippen LogP contribution >= 0.6 is 11.8 Å². The summed E-state index contributed by atoms with van der Waals surface area (Å²) in [5.74, 6) is 0.739. The van der Waals surface area contributed by atoms with Crippen molar-refractivity contribution in [2.45, 2.75) is 4.90 Å². The van der Waals surface area contributed by atoms with Crippen LogP contribution in [0.2, 0.25) is 0 Å². The molecule has 0 fully saturated rings. The van der Waals surface area contributed by atoms with E-state index in [0.717, 1.165) is 10.6 Å². The summed E-state index contributed by atoms with van der Waals surface area (Å²) in [6.45, 7) is 0. The molecule has 3 heteroatoms. The van der Waals surface area contributed by atoms with Gasteiger partial charge in [0.25, 0.3) is 0 Å². The topological polar surface area (TPSA) is 35.2 Å². The highest BCUT2D eigenvalue weighted by atomic mass is 32.2. The molecule has 0 saturated carbocycles. The summed E-state index contributed by atoms with van der Waals surface area (Å²) in [6.07, 6.45) is 2.02. The smallest absolute Gasteiger partial charge is 0.141 e. The van der Waals surface area contributed by atoms with Crippen molar-refractivity contribution in [3.8, 4) is 5.75 Å². The van der Waals surface area contributed by atoms with Gasteiger partial charge in [0.15, 0.2) is 0 Å². The lowest BCUT2D eigenvalue weighted by Crippen LogP contribution is -1.91. The fourth-order valence-electron chi connectivity index (χ4n) is 0.839. The van der Waals surface area contributed by atoms with E-state index in [4.69, 9.17) is 10.5 Å². The molecule has 0 saturated heterocycles. The minimum atomic E-state index is 0.694. The largest absolute Gasteiger partial charge is 0.495 e. The van der Waals surface area contributed by atoms with Crippen LogP contribution in [0, 0.1) is 0 Å². The maximum Gasteiger partial charge on any atom is 0.141 e. The Morgan fingerprint density at radius 1 is 1.45 bits per heavy atom. The fraction of sp³-hybridized carbons (Fsp3) is 0.250. The van der Waals surface area contributed by atoms with E-state index in [9.17, 15) is 0 Å². The molecular formula is C8H11NOS. The molecule has 0 aromatic heterocycles. The third-order valence-corrected chi connectivity index (χ3v) is 2.16. The van der Waals surface area contributed by atoms with E-state index in [-0.39, 0.29) is 0 Å². The van der Waals surface area contributed by atoms with Crippen molar-refractivity contribution in [1.29, 1.82) is 0 Å². The second kappa shape index (κ2) is 3.53. The molecule has 0 atom stereocenters. The fourth-order valence-corrected chi connectivity index (χ4v) is 1.29. The van der Waals surface area contributed by atoms with E-state index in [1.807, 2.05) is 24.5 Å². The molecule has 1 rings (SSSR count). The van der Waals surface area contributed by atoms with Crippen molar-refractivity contribution in [3.05, 3.63) is 18.2 Å². The average molecular weight is 169 g/mol. The van der Waals surface area contributed by atoms with Gasteiger partial charge in [0.1, 0.15) is 5.75 Å². The Morgan fingerprint density at radius 3 is 2.64 bits per heavy atom. The summed E-state index contributed by atoms with van der Waals surface area (Å²) < 4.78 is 5.01. The van der Waals surface area contributed by atoms with Gasteiger partial charge in [-0.3, -0.25) is 0 Å². The first-order chi connectivity index (χ1) is 5.27. The van der Waals surface area contributed by atoms with E-state index < -0.39 is 0 Å². The Bertz CT molecular complexity index is 250. The van der Waals surface area contributed by atoms with Crippen LogP contribution in [0.15, 0.2) is 23.1 Å².